The number of amides is 1. The highest BCUT2D eigenvalue weighted by atomic mass is 35.5. The Labute approximate surface area is 139 Å². The van der Waals surface area contributed by atoms with Crippen molar-refractivity contribution in [2.75, 3.05) is 6.61 Å². The highest BCUT2D eigenvalue weighted by molar-refractivity contribution is 5.85. The number of hydrogen-bond donors (Lipinski definition) is 2. The van der Waals surface area contributed by atoms with Crippen LogP contribution in [0.1, 0.15) is 43.2 Å². The summed E-state index contributed by atoms with van der Waals surface area (Å²) in [5.74, 6) is 0.928. The topological polar surface area (TPSA) is 64.3 Å². The van der Waals surface area contributed by atoms with Crippen molar-refractivity contribution in [1.82, 2.24) is 5.32 Å². The Morgan fingerprint density at radius 1 is 1.27 bits per heavy atom. The second-order valence-corrected chi connectivity index (χ2v) is 6.05. The molecule has 4 nitrogen and oxygen atoms in total. The number of nitrogens with two attached hydrogens (primary N) is 1. The van der Waals surface area contributed by atoms with Crippen LogP contribution in [0, 0.1) is 13.8 Å². The van der Waals surface area contributed by atoms with E-state index in [0.29, 0.717) is 25.1 Å². The summed E-state index contributed by atoms with van der Waals surface area (Å²) in [5.41, 5.74) is 8.19. The maximum absolute atomic E-state index is 11.9. The van der Waals surface area contributed by atoms with Crippen molar-refractivity contribution >= 4 is 18.3 Å². The smallest absolute Gasteiger partial charge is 0.223 e. The van der Waals surface area contributed by atoms with Gasteiger partial charge in [0, 0.05) is 12.1 Å². The van der Waals surface area contributed by atoms with Gasteiger partial charge in [0.15, 0.2) is 0 Å². The van der Waals surface area contributed by atoms with E-state index in [-0.39, 0.29) is 18.3 Å². The van der Waals surface area contributed by atoms with Crippen molar-refractivity contribution in [3.63, 3.8) is 0 Å². The fourth-order valence-electron chi connectivity index (χ4n) is 2.78. The van der Waals surface area contributed by atoms with Crippen LogP contribution in [0.3, 0.4) is 0 Å². The number of nitrogens with one attached hydrogen (secondary N) is 1. The number of hydrogen-bond acceptors (Lipinski definition) is 3. The molecule has 0 aliphatic heterocycles. The van der Waals surface area contributed by atoms with Gasteiger partial charge in [0.1, 0.15) is 5.75 Å². The molecule has 1 fully saturated rings. The first-order valence-electron chi connectivity index (χ1n) is 7.79. The summed E-state index contributed by atoms with van der Waals surface area (Å²) in [6.45, 7) is 4.50. The largest absolute Gasteiger partial charge is 0.493 e. The van der Waals surface area contributed by atoms with E-state index in [0.717, 1.165) is 37.0 Å². The first-order chi connectivity index (χ1) is 10.0. The average Bonchev–Trinajstić information content (AvgIpc) is 2.44. The SMILES string of the molecule is Cc1ccc(OCCC(=O)NC2CCC(N)CC2)c(C)c1.Cl. The molecule has 1 saturated carbocycles. The number of carbonyl (C=O) groups is 1. The van der Waals surface area contributed by atoms with E-state index in [1.807, 2.05) is 19.1 Å². The lowest BCUT2D eigenvalue weighted by Gasteiger charge is -2.26. The van der Waals surface area contributed by atoms with E-state index in [1.54, 1.807) is 0 Å². The van der Waals surface area contributed by atoms with Crippen LogP contribution in [0.4, 0.5) is 0 Å². The quantitative estimate of drug-likeness (QED) is 0.874. The van der Waals surface area contributed by atoms with Crippen LogP contribution in [-0.2, 0) is 4.79 Å². The molecule has 1 aliphatic carbocycles. The van der Waals surface area contributed by atoms with Crippen LogP contribution in [0.5, 0.6) is 5.75 Å². The van der Waals surface area contributed by atoms with Crippen molar-refractivity contribution in [1.29, 1.82) is 0 Å². The summed E-state index contributed by atoms with van der Waals surface area (Å²) in [4.78, 5) is 11.9. The number of halogens is 1. The Kier molecular flexibility index (Phi) is 7.69. The van der Waals surface area contributed by atoms with Crippen molar-refractivity contribution in [3.05, 3.63) is 29.3 Å². The van der Waals surface area contributed by atoms with Crippen LogP contribution in [0.2, 0.25) is 0 Å². The number of carbonyl (C=O) groups excluding carboxylic acids is 1. The molecule has 0 spiro atoms. The van der Waals surface area contributed by atoms with Crippen LogP contribution in [-0.4, -0.2) is 24.6 Å². The molecule has 0 unspecified atom stereocenters. The van der Waals surface area contributed by atoms with Crippen LogP contribution in [0.15, 0.2) is 18.2 Å². The zero-order chi connectivity index (χ0) is 15.2. The molecule has 1 aromatic rings. The van der Waals surface area contributed by atoms with E-state index >= 15 is 0 Å². The van der Waals surface area contributed by atoms with Crippen LogP contribution < -0.4 is 15.8 Å². The van der Waals surface area contributed by atoms with Crippen molar-refractivity contribution < 1.29 is 9.53 Å². The average molecular weight is 327 g/mol. The number of ether oxygens (including phenoxy) is 1. The Balaban J connectivity index is 0.00000242. The lowest BCUT2D eigenvalue weighted by atomic mass is 9.92. The predicted octanol–water partition coefficient (Wildman–Crippen LogP) is 2.88. The van der Waals surface area contributed by atoms with E-state index in [1.165, 1.54) is 5.56 Å². The number of aryl methyl sites for hydroxylation is 2. The van der Waals surface area contributed by atoms with Gasteiger partial charge in [0.25, 0.3) is 0 Å². The van der Waals surface area contributed by atoms with Gasteiger partial charge in [0.05, 0.1) is 13.0 Å². The zero-order valence-corrected chi connectivity index (χ0v) is 14.2. The van der Waals surface area contributed by atoms with Gasteiger partial charge >= 0.3 is 0 Å². The molecule has 0 radical (unpaired) electrons. The van der Waals surface area contributed by atoms with Crippen LogP contribution >= 0.6 is 12.4 Å². The minimum atomic E-state index is 0. The van der Waals surface area contributed by atoms with Gasteiger partial charge < -0.3 is 15.8 Å². The third-order valence-electron chi connectivity index (χ3n) is 4.05. The second kappa shape index (κ2) is 9.01. The number of rotatable bonds is 5. The van der Waals surface area contributed by atoms with E-state index in [9.17, 15) is 4.79 Å². The van der Waals surface area contributed by atoms with Gasteiger partial charge in [-0.3, -0.25) is 4.79 Å². The highest BCUT2D eigenvalue weighted by Gasteiger charge is 2.19. The summed E-state index contributed by atoms with van der Waals surface area (Å²) in [7, 11) is 0. The molecular formula is C17H27ClN2O2. The fourth-order valence-corrected chi connectivity index (χ4v) is 2.78. The lowest BCUT2D eigenvalue weighted by molar-refractivity contribution is -0.122. The molecule has 0 heterocycles. The van der Waals surface area contributed by atoms with E-state index < -0.39 is 0 Å². The van der Waals surface area contributed by atoms with Gasteiger partial charge in [0.2, 0.25) is 5.91 Å². The maximum Gasteiger partial charge on any atom is 0.223 e. The minimum Gasteiger partial charge on any atom is -0.493 e. The molecule has 0 saturated heterocycles. The molecule has 5 heteroatoms. The molecular weight excluding hydrogens is 300 g/mol. The molecule has 3 N–H and O–H groups in total. The molecule has 124 valence electrons. The van der Waals surface area contributed by atoms with Crippen LogP contribution in [0.25, 0.3) is 0 Å². The second-order valence-electron chi connectivity index (χ2n) is 6.05. The van der Waals surface area contributed by atoms with Gasteiger partial charge in [-0.25, -0.2) is 0 Å². The maximum atomic E-state index is 11.9. The summed E-state index contributed by atoms with van der Waals surface area (Å²) >= 11 is 0. The zero-order valence-electron chi connectivity index (χ0n) is 13.4. The normalized spacial score (nSPS) is 20.9. The molecule has 1 amide bonds. The molecule has 1 aliphatic rings. The fraction of sp³-hybridized carbons (Fsp3) is 0.588. The third-order valence-corrected chi connectivity index (χ3v) is 4.05. The summed E-state index contributed by atoms with van der Waals surface area (Å²) < 4.78 is 5.69. The van der Waals surface area contributed by atoms with E-state index in [4.69, 9.17) is 10.5 Å². The third kappa shape index (κ3) is 5.85. The molecule has 2 rings (SSSR count). The summed E-state index contributed by atoms with van der Waals surface area (Å²) in [6.07, 6.45) is 4.39. The minimum absolute atomic E-state index is 0. The molecule has 0 aromatic heterocycles. The number of benzene rings is 1. The Bertz CT molecular complexity index is 486. The van der Waals surface area contributed by atoms with Gasteiger partial charge in [-0.05, 0) is 51.2 Å². The van der Waals surface area contributed by atoms with E-state index in [2.05, 4.69) is 18.3 Å². The van der Waals surface area contributed by atoms with Crippen molar-refractivity contribution in [2.45, 2.75) is 58.0 Å². The van der Waals surface area contributed by atoms with Crippen molar-refractivity contribution in [2.24, 2.45) is 5.73 Å². The Morgan fingerprint density at radius 3 is 2.59 bits per heavy atom. The first-order valence-corrected chi connectivity index (χ1v) is 7.79. The van der Waals surface area contributed by atoms with Crippen molar-refractivity contribution in [3.8, 4) is 5.75 Å². The standard InChI is InChI=1S/C17H26N2O2.ClH/c1-12-3-8-16(13(2)11-12)21-10-9-17(20)19-15-6-4-14(18)5-7-15;/h3,8,11,14-15H,4-7,9-10,18H2,1-2H3,(H,19,20);1H. The molecule has 0 bridgehead atoms. The Morgan fingerprint density at radius 2 is 1.95 bits per heavy atom. The van der Waals surface area contributed by atoms with Gasteiger partial charge in [-0.1, -0.05) is 17.7 Å². The highest BCUT2D eigenvalue weighted by Crippen LogP contribution is 2.19. The molecule has 0 atom stereocenters. The predicted molar refractivity (Wildman–Crippen MR) is 91.7 cm³/mol. The van der Waals surface area contributed by atoms with Gasteiger partial charge in [-0.15, -0.1) is 12.4 Å². The summed E-state index contributed by atoms with van der Waals surface area (Å²) in [6, 6.07) is 6.67. The lowest BCUT2D eigenvalue weighted by Crippen LogP contribution is -2.40. The summed E-state index contributed by atoms with van der Waals surface area (Å²) in [5, 5.41) is 3.07. The first kappa shape index (κ1) is 18.8. The Hall–Kier alpha value is -1.26. The molecule has 22 heavy (non-hydrogen) atoms. The molecule has 1 aromatic carbocycles. The van der Waals surface area contributed by atoms with Gasteiger partial charge in [-0.2, -0.15) is 0 Å². The monoisotopic (exact) mass is 326 g/mol.